The predicted octanol–water partition coefficient (Wildman–Crippen LogP) is 6.36. The van der Waals surface area contributed by atoms with Gasteiger partial charge in [0.15, 0.2) is 0 Å². The standard InChI is InChI=1S/C23H21NO2S/c1-3-15-7-4-6-14(2)21(15)22-18(17-10-9-16(25)12-19(17)26)13-24-23(22)20-8-5-11-27-20/h4-13,24-26H,3H2,1-2H3. The van der Waals surface area contributed by atoms with E-state index < -0.39 is 0 Å². The molecule has 4 aromatic rings. The molecule has 0 bridgehead atoms. The average molecular weight is 375 g/mol. The van der Waals surface area contributed by atoms with E-state index in [1.165, 1.54) is 22.8 Å². The van der Waals surface area contributed by atoms with Gasteiger partial charge in [0.2, 0.25) is 0 Å². The zero-order chi connectivity index (χ0) is 19.0. The van der Waals surface area contributed by atoms with Gasteiger partial charge in [-0.05, 0) is 53.6 Å². The lowest BCUT2D eigenvalue weighted by Gasteiger charge is -2.15. The van der Waals surface area contributed by atoms with Crippen LogP contribution < -0.4 is 0 Å². The summed E-state index contributed by atoms with van der Waals surface area (Å²) in [4.78, 5) is 4.58. The molecular formula is C23H21NO2S. The molecule has 0 spiro atoms. The van der Waals surface area contributed by atoms with Gasteiger partial charge in [-0.1, -0.05) is 31.2 Å². The molecular weight excluding hydrogens is 354 g/mol. The van der Waals surface area contributed by atoms with Crippen LogP contribution in [0.3, 0.4) is 0 Å². The number of hydrogen-bond acceptors (Lipinski definition) is 3. The highest BCUT2D eigenvalue weighted by atomic mass is 32.1. The third kappa shape index (κ3) is 3.02. The Kier molecular flexibility index (Phi) is 4.50. The molecule has 136 valence electrons. The fraction of sp³-hybridized carbons (Fsp3) is 0.130. The normalized spacial score (nSPS) is 11.0. The summed E-state index contributed by atoms with van der Waals surface area (Å²) in [7, 11) is 0. The van der Waals surface area contributed by atoms with E-state index in [9.17, 15) is 10.2 Å². The predicted molar refractivity (Wildman–Crippen MR) is 112 cm³/mol. The van der Waals surface area contributed by atoms with Crippen molar-refractivity contribution in [3.63, 3.8) is 0 Å². The van der Waals surface area contributed by atoms with Crippen LogP contribution in [-0.2, 0) is 6.42 Å². The number of aromatic amines is 1. The first kappa shape index (κ1) is 17.4. The summed E-state index contributed by atoms with van der Waals surface area (Å²) < 4.78 is 0. The van der Waals surface area contributed by atoms with Crippen LogP contribution >= 0.6 is 11.3 Å². The first-order valence-electron chi connectivity index (χ1n) is 8.96. The highest BCUT2D eigenvalue weighted by Gasteiger charge is 2.22. The summed E-state index contributed by atoms with van der Waals surface area (Å²) in [5.74, 6) is 0.122. The van der Waals surface area contributed by atoms with E-state index in [2.05, 4.69) is 48.5 Å². The molecule has 2 aromatic carbocycles. The van der Waals surface area contributed by atoms with Gasteiger partial charge in [0.05, 0.1) is 10.6 Å². The fourth-order valence-electron chi connectivity index (χ4n) is 3.64. The largest absolute Gasteiger partial charge is 0.508 e. The molecule has 2 aromatic heterocycles. The summed E-state index contributed by atoms with van der Waals surface area (Å²) >= 11 is 1.69. The summed E-state index contributed by atoms with van der Waals surface area (Å²) in [6.45, 7) is 4.29. The van der Waals surface area contributed by atoms with Crippen molar-refractivity contribution in [3.05, 3.63) is 71.2 Å². The Morgan fingerprint density at radius 2 is 1.81 bits per heavy atom. The maximum atomic E-state index is 10.5. The lowest BCUT2D eigenvalue weighted by molar-refractivity contribution is 0.452. The SMILES string of the molecule is CCc1cccc(C)c1-c1c(-c2ccc(O)cc2O)c[nH]c1-c1cccs1. The van der Waals surface area contributed by atoms with E-state index in [0.29, 0.717) is 5.56 Å². The van der Waals surface area contributed by atoms with E-state index in [4.69, 9.17) is 0 Å². The Hall–Kier alpha value is -2.98. The van der Waals surface area contributed by atoms with Gasteiger partial charge in [0.25, 0.3) is 0 Å². The first-order valence-corrected chi connectivity index (χ1v) is 9.84. The lowest BCUT2D eigenvalue weighted by Crippen LogP contribution is -1.93. The van der Waals surface area contributed by atoms with Crippen molar-refractivity contribution in [1.82, 2.24) is 4.98 Å². The maximum Gasteiger partial charge on any atom is 0.127 e. The van der Waals surface area contributed by atoms with E-state index in [1.807, 2.05) is 12.3 Å². The quantitative estimate of drug-likeness (QED) is 0.389. The molecule has 0 aliphatic rings. The van der Waals surface area contributed by atoms with Crippen LogP contribution in [-0.4, -0.2) is 15.2 Å². The van der Waals surface area contributed by atoms with Crippen LogP contribution in [0.4, 0.5) is 0 Å². The van der Waals surface area contributed by atoms with Gasteiger partial charge in [0, 0.05) is 29.0 Å². The molecule has 27 heavy (non-hydrogen) atoms. The molecule has 0 aliphatic heterocycles. The third-order valence-corrected chi connectivity index (χ3v) is 5.80. The summed E-state index contributed by atoms with van der Waals surface area (Å²) in [5, 5.41) is 22.2. The third-order valence-electron chi connectivity index (χ3n) is 4.91. The molecule has 0 radical (unpaired) electrons. The van der Waals surface area contributed by atoms with Crippen molar-refractivity contribution in [3.8, 4) is 44.3 Å². The van der Waals surface area contributed by atoms with Gasteiger partial charge in [-0.2, -0.15) is 0 Å². The summed E-state index contributed by atoms with van der Waals surface area (Å²) in [6.07, 6.45) is 2.87. The number of hydrogen-bond donors (Lipinski definition) is 3. The number of nitrogens with one attached hydrogen (secondary N) is 1. The molecule has 0 atom stereocenters. The minimum absolute atomic E-state index is 0.0527. The van der Waals surface area contributed by atoms with Crippen molar-refractivity contribution in [2.45, 2.75) is 20.3 Å². The Labute approximate surface area is 162 Å². The fourth-order valence-corrected chi connectivity index (χ4v) is 4.38. The smallest absolute Gasteiger partial charge is 0.127 e. The monoisotopic (exact) mass is 375 g/mol. The van der Waals surface area contributed by atoms with E-state index in [0.717, 1.165) is 28.1 Å². The second-order valence-electron chi connectivity index (χ2n) is 6.59. The molecule has 0 saturated heterocycles. The van der Waals surface area contributed by atoms with E-state index in [-0.39, 0.29) is 11.5 Å². The van der Waals surface area contributed by atoms with Crippen molar-refractivity contribution in [1.29, 1.82) is 0 Å². The Morgan fingerprint density at radius 3 is 2.52 bits per heavy atom. The molecule has 3 N–H and O–H groups in total. The number of phenols is 2. The Balaban J connectivity index is 2.06. The van der Waals surface area contributed by atoms with E-state index >= 15 is 0 Å². The van der Waals surface area contributed by atoms with E-state index in [1.54, 1.807) is 23.5 Å². The van der Waals surface area contributed by atoms with Gasteiger partial charge in [0.1, 0.15) is 11.5 Å². The van der Waals surface area contributed by atoms with Gasteiger partial charge in [-0.3, -0.25) is 0 Å². The number of phenolic OH excluding ortho intramolecular Hbond substituents is 2. The van der Waals surface area contributed by atoms with Crippen LogP contribution in [0, 0.1) is 6.92 Å². The molecule has 0 amide bonds. The molecule has 3 nitrogen and oxygen atoms in total. The van der Waals surface area contributed by atoms with Crippen LogP contribution in [0.2, 0.25) is 0 Å². The molecule has 0 aliphatic carbocycles. The second kappa shape index (κ2) is 6.97. The molecule has 4 heteroatoms. The number of aromatic nitrogens is 1. The number of aromatic hydroxyl groups is 2. The molecule has 4 rings (SSSR count). The van der Waals surface area contributed by atoms with Crippen LogP contribution in [0.1, 0.15) is 18.1 Å². The first-order chi connectivity index (χ1) is 13.1. The van der Waals surface area contributed by atoms with Crippen molar-refractivity contribution >= 4 is 11.3 Å². The molecule has 0 saturated carbocycles. The Morgan fingerprint density at radius 1 is 0.963 bits per heavy atom. The number of aryl methyl sites for hydroxylation is 2. The van der Waals surface area contributed by atoms with Crippen LogP contribution in [0.5, 0.6) is 11.5 Å². The van der Waals surface area contributed by atoms with Gasteiger partial charge in [-0.15, -0.1) is 11.3 Å². The zero-order valence-electron chi connectivity index (χ0n) is 15.3. The van der Waals surface area contributed by atoms with Crippen LogP contribution in [0.25, 0.3) is 32.8 Å². The number of thiophene rings is 1. The minimum Gasteiger partial charge on any atom is -0.508 e. The number of H-pyrrole nitrogens is 1. The second-order valence-corrected chi connectivity index (χ2v) is 7.54. The minimum atomic E-state index is 0.0527. The summed E-state index contributed by atoms with van der Waals surface area (Å²) in [5.41, 5.74) is 7.45. The van der Waals surface area contributed by atoms with Crippen molar-refractivity contribution in [2.24, 2.45) is 0 Å². The molecule has 0 unspecified atom stereocenters. The lowest BCUT2D eigenvalue weighted by atomic mass is 9.89. The van der Waals surface area contributed by atoms with Gasteiger partial charge < -0.3 is 15.2 Å². The number of benzene rings is 2. The average Bonchev–Trinajstić information content (AvgIpc) is 3.31. The van der Waals surface area contributed by atoms with Gasteiger partial charge in [-0.25, -0.2) is 0 Å². The summed E-state index contributed by atoms with van der Waals surface area (Å²) in [6, 6.07) is 15.3. The molecule has 0 fully saturated rings. The number of rotatable bonds is 4. The topological polar surface area (TPSA) is 56.2 Å². The Bertz CT molecular complexity index is 1090. The highest BCUT2D eigenvalue weighted by molar-refractivity contribution is 7.13. The maximum absolute atomic E-state index is 10.5. The van der Waals surface area contributed by atoms with Crippen molar-refractivity contribution in [2.75, 3.05) is 0 Å². The van der Waals surface area contributed by atoms with Gasteiger partial charge >= 0.3 is 0 Å². The zero-order valence-corrected chi connectivity index (χ0v) is 16.1. The highest BCUT2D eigenvalue weighted by Crippen LogP contribution is 2.46. The van der Waals surface area contributed by atoms with Crippen LogP contribution in [0.15, 0.2) is 60.1 Å². The van der Waals surface area contributed by atoms with Crippen molar-refractivity contribution < 1.29 is 10.2 Å². The molecule has 2 heterocycles.